The molecular formula is C20H22N2O4S2. The van der Waals surface area contributed by atoms with E-state index in [0.29, 0.717) is 35.2 Å². The van der Waals surface area contributed by atoms with Gasteiger partial charge in [-0.15, -0.1) is 0 Å². The number of nitrogens with zero attached hydrogens (tertiary/aromatic N) is 1. The first-order chi connectivity index (χ1) is 13.5. The number of aliphatic carboxylic acids is 1. The normalized spacial score (nSPS) is 15.6. The van der Waals surface area contributed by atoms with Crippen molar-refractivity contribution in [2.24, 2.45) is 0 Å². The van der Waals surface area contributed by atoms with Gasteiger partial charge in [0.15, 0.2) is 0 Å². The highest BCUT2D eigenvalue weighted by Gasteiger charge is 2.31. The molecule has 148 valence electrons. The van der Waals surface area contributed by atoms with Gasteiger partial charge in [-0.3, -0.25) is 19.3 Å². The minimum atomic E-state index is -0.879. The third-order valence-electron chi connectivity index (χ3n) is 3.88. The third kappa shape index (κ3) is 7.28. The average molecular weight is 419 g/mol. The molecule has 2 amide bonds. The SMILES string of the molecule is O=C(O)CCCNC(=O)CCCN1C(=O)/C(=C/C=C/c2ccccc2)SC1=S. The van der Waals surface area contributed by atoms with Crippen LogP contribution in [0.2, 0.25) is 0 Å². The van der Waals surface area contributed by atoms with Crippen LogP contribution in [0.1, 0.15) is 31.2 Å². The predicted molar refractivity (Wildman–Crippen MR) is 115 cm³/mol. The van der Waals surface area contributed by atoms with Crippen LogP contribution in [-0.4, -0.2) is 45.2 Å². The number of hydrogen-bond donors (Lipinski definition) is 2. The van der Waals surface area contributed by atoms with E-state index in [4.69, 9.17) is 17.3 Å². The lowest BCUT2D eigenvalue weighted by molar-refractivity contribution is -0.137. The molecule has 0 spiro atoms. The maximum absolute atomic E-state index is 12.5. The highest BCUT2D eigenvalue weighted by Crippen LogP contribution is 2.31. The van der Waals surface area contributed by atoms with Gasteiger partial charge in [-0.05, 0) is 24.5 Å². The Balaban J connectivity index is 1.75. The van der Waals surface area contributed by atoms with Crippen LogP contribution < -0.4 is 5.32 Å². The minimum absolute atomic E-state index is 0.0296. The Labute approximate surface area is 173 Å². The predicted octanol–water partition coefficient (Wildman–Crippen LogP) is 3.21. The zero-order valence-corrected chi connectivity index (χ0v) is 16.9. The monoisotopic (exact) mass is 418 g/mol. The second-order valence-electron chi connectivity index (χ2n) is 6.08. The molecule has 1 fully saturated rings. The molecule has 1 aliphatic rings. The summed E-state index contributed by atoms with van der Waals surface area (Å²) in [5.74, 6) is -1.18. The minimum Gasteiger partial charge on any atom is -0.481 e. The number of carbonyl (C=O) groups excluding carboxylic acids is 2. The Kier molecular flexibility index (Phi) is 8.90. The molecule has 8 heteroatoms. The molecule has 0 aromatic heterocycles. The summed E-state index contributed by atoms with van der Waals surface area (Å²) < 4.78 is 0.492. The van der Waals surface area contributed by atoms with E-state index in [1.165, 1.54) is 16.7 Å². The molecule has 2 N–H and O–H groups in total. The number of amides is 2. The quantitative estimate of drug-likeness (QED) is 0.345. The molecule has 0 unspecified atom stereocenters. The van der Waals surface area contributed by atoms with Crippen molar-refractivity contribution in [1.29, 1.82) is 0 Å². The van der Waals surface area contributed by atoms with Crippen molar-refractivity contribution >= 4 is 52.2 Å². The summed E-state index contributed by atoms with van der Waals surface area (Å²) in [6, 6.07) is 9.78. The molecule has 1 aromatic carbocycles. The molecule has 1 heterocycles. The van der Waals surface area contributed by atoms with Crippen molar-refractivity contribution in [1.82, 2.24) is 10.2 Å². The number of benzene rings is 1. The van der Waals surface area contributed by atoms with Crippen molar-refractivity contribution in [3.05, 3.63) is 53.0 Å². The first kappa shape index (κ1) is 21.8. The molecule has 0 aliphatic carbocycles. The molecule has 1 aliphatic heterocycles. The number of hydrogen-bond acceptors (Lipinski definition) is 5. The summed E-state index contributed by atoms with van der Waals surface area (Å²) in [4.78, 5) is 36.7. The summed E-state index contributed by atoms with van der Waals surface area (Å²) in [5.41, 5.74) is 1.04. The highest BCUT2D eigenvalue weighted by molar-refractivity contribution is 8.26. The van der Waals surface area contributed by atoms with Gasteiger partial charge in [0.1, 0.15) is 4.32 Å². The first-order valence-electron chi connectivity index (χ1n) is 8.93. The zero-order chi connectivity index (χ0) is 20.4. The Bertz CT molecular complexity index is 791. The fraction of sp³-hybridized carbons (Fsp3) is 0.300. The molecule has 0 radical (unpaired) electrons. The summed E-state index contributed by atoms with van der Waals surface area (Å²) in [5, 5.41) is 11.2. The van der Waals surface area contributed by atoms with E-state index in [1.807, 2.05) is 42.5 Å². The zero-order valence-electron chi connectivity index (χ0n) is 15.3. The average Bonchev–Trinajstić information content (AvgIpc) is 2.93. The van der Waals surface area contributed by atoms with Crippen molar-refractivity contribution in [3.8, 4) is 0 Å². The van der Waals surface area contributed by atoms with Crippen molar-refractivity contribution in [2.75, 3.05) is 13.1 Å². The Morgan fingerprint density at radius 3 is 2.64 bits per heavy atom. The number of rotatable bonds is 10. The van der Waals surface area contributed by atoms with Crippen LogP contribution in [0.15, 0.2) is 47.4 Å². The van der Waals surface area contributed by atoms with Crippen LogP contribution >= 0.6 is 24.0 Å². The van der Waals surface area contributed by atoms with Crippen LogP contribution in [0.25, 0.3) is 6.08 Å². The van der Waals surface area contributed by atoms with E-state index in [9.17, 15) is 14.4 Å². The van der Waals surface area contributed by atoms with Crippen molar-refractivity contribution in [2.45, 2.75) is 25.7 Å². The summed E-state index contributed by atoms with van der Waals surface area (Å²) in [6.07, 6.45) is 6.68. The highest BCUT2D eigenvalue weighted by atomic mass is 32.2. The maximum atomic E-state index is 12.5. The van der Waals surface area contributed by atoms with Gasteiger partial charge in [0.25, 0.3) is 5.91 Å². The van der Waals surface area contributed by atoms with Gasteiger partial charge >= 0.3 is 5.97 Å². The van der Waals surface area contributed by atoms with E-state index in [-0.39, 0.29) is 24.7 Å². The molecule has 1 aromatic rings. The topological polar surface area (TPSA) is 86.7 Å². The van der Waals surface area contributed by atoms with Gasteiger partial charge in [-0.25, -0.2) is 0 Å². The fourth-order valence-electron chi connectivity index (χ4n) is 2.47. The van der Waals surface area contributed by atoms with E-state index in [1.54, 1.807) is 6.08 Å². The molecule has 28 heavy (non-hydrogen) atoms. The van der Waals surface area contributed by atoms with E-state index in [0.717, 1.165) is 5.56 Å². The molecular weight excluding hydrogens is 396 g/mol. The second-order valence-corrected chi connectivity index (χ2v) is 7.75. The molecule has 1 saturated heterocycles. The smallest absolute Gasteiger partial charge is 0.303 e. The number of thioether (sulfide) groups is 1. The lowest BCUT2D eigenvalue weighted by Crippen LogP contribution is -2.31. The number of carboxylic acid groups (broad SMARTS) is 1. The number of nitrogens with one attached hydrogen (secondary N) is 1. The summed E-state index contributed by atoms with van der Waals surface area (Å²) in [7, 11) is 0. The molecule has 2 rings (SSSR count). The van der Waals surface area contributed by atoms with Gasteiger partial charge in [-0.1, -0.05) is 66.5 Å². The number of carboxylic acids is 1. The number of carbonyl (C=O) groups is 3. The van der Waals surface area contributed by atoms with Crippen molar-refractivity contribution < 1.29 is 19.5 Å². The lowest BCUT2D eigenvalue weighted by atomic mass is 10.2. The van der Waals surface area contributed by atoms with Crippen LogP contribution in [0.4, 0.5) is 0 Å². The summed E-state index contributed by atoms with van der Waals surface area (Å²) >= 11 is 6.53. The fourth-order valence-corrected chi connectivity index (χ4v) is 3.73. The lowest BCUT2D eigenvalue weighted by Gasteiger charge is -2.14. The van der Waals surface area contributed by atoms with Crippen molar-refractivity contribution in [3.63, 3.8) is 0 Å². The van der Waals surface area contributed by atoms with Crippen LogP contribution in [0.5, 0.6) is 0 Å². The number of thiocarbonyl (C=S) groups is 1. The van der Waals surface area contributed by atoms with E-state index >= 15 is 0 Å². The van der Waals surface area contributed by atoms with Crippen LogP contribution in [0, 0.1) is 0 Å². The first-order valence-corrected chi connectivity index (χ1v) is 10.2. The Morgan fingerprint density at radius 2 is 1.93 bits per heavy atom. The third-order valence-corrected chi connectivity index (χ3v) is 5.28. The molecule has 0 bridgehead atoms. The molecule has 0 atom stereocenters. The van der Waals surface area contributed by atoms with Crippen LogP contribution in [0.3, 0.4) is 0 Å². The van der Waals surface area contributed by atoms with Gasteiger partial charge in [0.2, 0.25) is 5.91 Å². The Hall–Kier alpha value is -2.45. The van der Waals surface area contributed by atoms with Gasteiger partial charge < -0.3 is 10.4 Å². The molecule has 0 saturated carbocycles. The largest absolute Gasteiger partial charge is 0.481 e. The molecule has 6 nitrogen and oxygen atoms in total. The van der Waals surface area contributed by atoms with Gasteiger partial charge in [0, 0.05) is 25.9 Å². The Morgan fingerprint density at radius 1 is 1.18 bits per heavy atom. The second kappa shape index (κ2) is 11.4. The van der Waals surface area contributed by atoms with Gasteiger partial charge in [0.05, 0.1) is 4.91 Å². The summed E-state index contributed by atoms with van der Waals surface area (Å²) in [6.45, 7) is 0.718. The maximum Gasteiger partial charge on any atom is 0.303 e. The van der Waals surface area contributed by atoms with Gasteiger partial charge in [-0.2, -0.15) is 0 Å². The number of allylic oxidation sites excluding steroid dienone is 2. The standard InChI is InChI=1S/C20H22N2O4S2/c23-17(21-13-5-12-18(24)25)11-6-14-22-19(26)16(28-20(22)27)10-4-9-15-7-2-1-3-8-15/h1-4,7-10H,5-6,11-14H2,(H,21,23)(H,24,25)/b9-4+,16-10-. The van der Waals surface area contributed by atoms with Crippen LogP contribution in [-0.2, 0) is 14.4 Å². The van der Waals surface area contributed by atoms with E-state index in [2.05, 4.69) is 5.32 Å². The van der Waals surface area contributed by atoms with E-state index < -0.39 is 5.97 Å².